The van der Waals surface area contributed by atoms with Crippen LogP contribution in [0.3, 0.4) is 0 Å². The Bertz CT molecular complexity index is 3470. The standard InChI is InChI=1S/C63H42N2/c1-6-20-43(21-7-1)50-36-34-47(41-56(50)44-22-8-2-9-23-44)60-42-61(65-62(64-60)45-24-10-3-11-25-45)55-38-37-51(52-30-16-17-31-53(52)55)46-35-39-59-57(40-46)54-32-18-19-33-58(54)63(59,48-26-12-4-13-27-48)49-28-14-5-15-29-49/h1-42H. The van der Waals surface area contributed by atoms with Crippen molar-refractivity contribution >= 4 is 10.8 Å². The van der Waals surface area contributed by atoms with E-state index in [9.17, 15) is 0 Å². The van der Waals surface area contributed by atoms with Crippen LogP contribution in [0.25, 0.3) is 89.2 Å². The molecule has 65 heavy (non-hydrogen) atoms. The first kappa shape index (κ1) is 38.2. The van der Waals surface area contributed by atoms with Gasteiger partial charge in [-0.3, -0.25) is 0 Å². The summed E-state index contributed by atoms with van der Waals surface area (Å²) in [6.45, 7) is 0. The number of hydrogen-bond donors (Lipinski definition) is 0. The molecule has 12 rings (SSSR count). The molecule has 0 saturated heterocycles. The van der Waals surface area contributed by atoms with Crippen molar-refractivity contribution in [2.24, 2.45) is 0 Å². The molecule has 0 spiro atoms. The average Bonchev–Trinajstić information content (AvgIpc) is 3.69. The number of benzene rings is 10. The third-order valence-corrected chi connectivity index (χ3v) is 13.2. The van der Waals surface area contributed by atoms with Gasteiger partial charge >= 0.3 is 0 Å². The minimum absolute atomic E-state index is 0.441. The third-order valence-electron chi connectivity index (χ3n) is 13.2. The summed E-state index contributed by atoms with van der Waals surface area (Å²) < 4.78 is 0. The minimum atomic E-state index is -0.441. The number of aromatic nitrogens is 2. The molecule has 304 valence electrons. The van der Waals surface area contributed by atoms with Gasteiger partial charge in [-0.25, -0.2) is 9.97 Å². The second-order valence-corrected chi connectivity index (χ2v) is 16.8. The van der Waals surface area contributed by atoms with E-state index in [0.717, 1.165) is 44.6 Å². The maximum atomic E-state index is 5.33. The van der Waals surface area contributed by atoms with Crippen molar-refractivity contribution in [2.75, 3.05) is 0 Å². The Kier molecular flexibility index (Phi) is 9.43. The van der Waals surface area contributed by atoms with Crippen LogP contribution in [0.15, 0.2) is 255 Å². The molecule has 0 N–H and O–H groups in total. The van der Waals surface area contributed by atoms with Crippen molar-refractivity contribution in [3.05, 3.63) is 277 Å². The van der Waals surface area contributed by atoms with Gasteiger partial charge in [-0.1, -0.05) is 237 Å². The molecule has 2 nitrogen and oxygen atoms in total. The molecule has 10 aromatic carbocycles. The topological polar surface area (TPSA) is 25.8 Å². The maximum absolute atomic E-state index is 5.33. The zero-order valence-electron chi connectivity index (χ0n) is 35.6. The zero-order valence-corrected chi connectivity index (χ0v) is 35.6. The summed E-state index contributed by atoms with van der Waals surface area (Å²) in [6.07, 6.45) is 0. The van der Waals surface area contributed by atoms with Crippen molar-refractivity contribution in [1.29, 1.82) is 0 Å². The van der Waals surface area contributed by atoms with Crippen molar-refractivity contribution < 1.29 is 0 Å². The van der Waals surface area contributed by atoms with Gasteiger partial charge in [0.15, 0.2) is 5.82 Å². The van der Waals surface area contributed by atoms with Crippen LogP contribution in [-0.2, 0) is 5.41 Å². The Balaban J connectivity index is 1.02. The lowest BCUT2D eigenvalue weighted by molar-refractivity contribution is 0.768. The summed E-state index contributed by atoms with van der Waals surface area (Å²) >= 11 is 0. The summed E-state index contributed by atoms with van der Waals surface area (Å²) in [5.74, 6) is 0.692. The van der Waals surface area contributed by atoms with E-state index in [4.69, 9.17) is 9.97 Å². The molecule has 0 saturated carbocycles. The number of nitrogens with zero attached hydrogens (tertiary/aromatic N) is 2. The van der Waals surface area contributed by atoms with Crippen LogP contribution in [0.2, 0.25) is 0 Å². The zero-order chi connectivity index (χ0) is 43.2. The van der Waals surface area contributed by atoms with Crippen molar-refractivity contribution in [2.45, 2.75) is 5.41 Å². The first-order valence-corrected chi connectivity index (χ1v) is 22.3. The fourth-order valence-corrected chi connectivity index (χ4v) is 10.3. The van der Waals surface area contributed by atoms with E-state index in [2.05, 4.69) is 249 Å². The highest BCUT2D eigenvalue weighted by Gasteiger charge is 2.46. The smallest absolute Gasteiger partial charge is 0.160 e. The second kappa shape index (κ2) is 16.0. The molecule has 1 aliphatic rings. The molecule has 0 radical (unpaired) electrons. The van der Waals surface area contributed by atoms with Crippen LogP contribution in [0.1, 0.15) is 22.3 Å². The minimum Gasteiger partial charge on any atom is -0.228 e. The van der Waals surface area contributed by atoms with Gasteiger partial charge in [0, 0.05) is 16.7 Å². The number of fused-ring (bicyclic) bond motifs is 4. The SMILES string of the molecule is c1ccc(-c2nc(-c3ccc(-c4ccccc4)c(-c4ccccc4)c3)cc(-c3ccc(-c4ccc5c(c4)-c4ccccc4C5(c4ccccc4)c4ccccc4)c4ccccc34)n2)cc1. The fraction of sp³-hybridized carbons (Fsp3) is 0.0159. The predicted molar refractivity (Wildman–Crippen MR) is 269 cm³/mol. The van der Waals surface area contributed by atoms with Crippen LogP contribution in [0, 0.1) is 0 Å². The lowest BCUT2D eigenvalue weighted by atomic mass is 9.67. The molecule has 0 aliphatic heterocycles. The summed E-state index contributed by atoms with van der Waals surface area (Å²) in [5, 5.41) is 2.32. The molecule has 11 aromatic rings. The molecule has 0 bridgehead atoms. The quantitative estimate of drug-likeness (QED) is 0.152. The third kappa shape index (κ3) is 6.50. The summed E-state index contributed by atoms with van der Waals surface area (Å²) in [4.78, 5) is 10.6. The van der Waals surface area contributed by atoms with E-state index in [1.807, 2.05) is 6.07 Å². The Morgan fingerprint density at radius 1 is 0.246 bits per heavy atom. The molecule has 1 aliphatic carbocycles. The first-order valence-electron chi connectivity index (χ1n) is 22.3. The monoisotopic (exact) mass is 826 g/mol. The molecule has 2 heteroatoms. The van der Waals surface area contributed by atoms with E-state index in [-0.39, 0.29) is 0 Å². The molecule has 0 unspecified atom stereocenters. The maximum Gasteiger partial charge on any atom is 0.160 e. The number of rotatable bonds is 8. The summed E-state index contributed by atoms with van der Waals surface area (Å²) in [6, 6.07) is 91.9. The average molecular weight is 827 g/mol. The van der Waals surface area contributed by atoms with Crippen LogP contribution in [0.5, 0.6) is 0 Å². The highest BCUT2D eigenvalue weighted by atomic mass is 14.9. The van der Waals surface area contributed by atoms with Gasteiger partial charge in [0.1, 0.15) is 0 Å². The Hall–Kier alpha value is -8.46. The molecule has 0 fully saturated rings. The van der Waals surface area contributed by atoms with Gasteiger partial charge in [-0.05, 0) is 95.7 Å². The van der Waals surface area contributed by atoms with Gasteiger partial charge < -0.3 is 0 Å². The lowest BCUT2D eigenvalue weighted by Crippen LogP contribution is -2.28. The van der Waals surface area contributed by atoms with E-state index >= 15 is 0 Å². The van der Waals surface area contributed by atoms with Crippen LogP contribution in [0.4, 0.5) is 0 Å². The van der Waals surface area contributed by atoms with Gasteiger partial charge in [0.2, 0.25) is 0 Å². The molecule has 1 heterocycles. The van der Waals surface area contributed by atoms with Crippen molar-refractivity contribution in [1.82, 2.24) is 9.97 Å². The van der Waals surface area contributed by atoms with Crippen molar-refractivity contribution in [3.8, 4) is 78.4 Å². The molecular formula is C63H42N2. The fourth-order valence-electron chi connectivity index (χ4n) is 10.3. The van der Waals surface area contributed by atoms with Crippen LogP contribution < -0.4 is 0 Å². The second-order valence-electron chi connectivity index (χ2n) is 16.8. The lowest BCUT2D eigenvalue weighted by Gasteiger charge is -2.33. The van der Waals surface area contributed by atoms with E-state index in [1.165, 1.54) is 61.0 Å². The van der Waals surface area contributed by atoms with E-state index in [1.54, 1.807) is 0 Å². The number of hydrogen-bond acceptors (Lipinski definition) is 2. The highest BCUT2D eigenvalue weighted by Crippen LogP contribution is 2.57. The van der Waals surface area contributed by atoms with Gasteiger partial charge in [0.25, 0.3) is 0 Å². The predicted octanol–water partition coefficient (Wildman–Crippen LogP) is 16.0. The van der Waals surface area contributed by atoms with E-state index in [0.29, 0.717) is 5.82 Å². The molecule has 0 atom stereocenters. The van der Waals surface area contributed by atoms with Gasteiger partial charge in [-0.2, -0.15) is 0 Å². The Morgan fingerprint density at radius 2 is 0.708 bits per heavy atom. The van der Waals surface area contributed by atoms with Gasteiger partial charge in [0.05, 0.1) is 16.8 Å². The normalized spacial score (nSPS) is 12.4. The van der Waals surface area contributed by atoms with Crippen molar-refractivity contribution in [3.63, 3.8) is 0 Å². The highest BCUT2D eigenvalue weighted by molar-refractivity contribution is 6.05. The Labute approximate surface area is 379 Å². The molecule has 0 amide bonds. The van der Waals surface area contributed by atoms with Gasteiger partial charge in [-0.15, -0.1) is 0 Å². The summed E-state index contributed by atoms with van der Waals surface area (Å²) in [7, 11) is 0. The molecule has 1 aromatic heterocycles. The van der Waals surface area contributed by atoms with Crippen LogP contribution in [-0.4, -0.2) is 9.97 Å². The first-order chi connectivity index (χ1) is 32.2. The Morgan fingerprint density at radius 3 is 1.37 bits per heavy atom. The summed E-state index contributed by atoms with van der Waals surface area (Å²) in [5.41, 5.74) is 19.1. The van der Waals surface area contributed by atoms with Crippen LogP contribution >= 0.6 is 0 Å². The van der Waals surface area contributed by atoms with E-state index < -0.39 is 5.41 Å². The molecular weight excluding hydrogens is 785 g/mol. The largest absolute Gasteiger partial charge is 0.228 e.